The Bertz CT molecular complexity index is 1420. The van der Waals surface area contributed by atoms with Gasteiger partial charge >= 0.3 is 0 Å². The zero-order valence-corrected chi connectivity index (χ0v) is 26.9. The van der Waals surface area contributed by atoms with E-state index < -0.39 is 16.1 Å². The molecule has 0 aliphatic heterocycles. The molecule has 8 nitrogen and oxygen atoms in total. The van der Waals surface area contributed by atoms with Crippen molar-refractivity contribution in [2.75, 3.05) is 30.8 Å². The highest BCUT2D eigenvalue weighted by molar-refractivity contribution is 9.10. The van der Waals surface area contributed by atoms with Crippen molar-refractivity contribution in [3.63, 3.8) is 0 Å². The Morgan fingerprint density at radius 1 is 0.952 bits per heavy atom. The van der Waals surface area contributed by atoms with Crippen LogP contribution in [0, 0.1) is 0 Å². The van der Waals surface area contributed by atoms with Crippen LogP contribution >= 0.6 is 15.9 Å². The van der Waals surface area contributed by atoms with Crippen molar-refractivity contribution in [2.45, 2.75) is 51.6 Å². The molecule has 0 spiro atoms. The highest BCUT2D eigenvalue weighted by Crippen LogP contribution is 2.24. The molecule has 0 saturated heterocycles. The summed E-state index contributed by atoms with van der Waals surface area (Å²) in [6.45, 7) is 2.93. The first-order valence-electron chi connectivity index (χ1n) is 14.1. The lowest BCUT2D eigenvalue weighted by Crippen LogP contribution is -2.50. The van der Waals surface area contributed by atoms with Gasteiger partial charge in [-0.1, -0.05) is 77.8 Å². The fourth-order valence-electron chi connectivity index (χ4n) is 4.66. The van der Waals surface area contributed by atoms with Crippen LogP contribution in [-0.4, -0.2) is 57.6 Å². The number of anilines is 1. The van der Waals surface area contributed by atoms with Gasteiger partial charge in [0, 0.05) is 43.0 Å². The summed E-state index contributed by atoms with van der Waals surface area (Å²) in [4.78, 5) is 29.1. The predicted molar refractivity (Wildman–Crippen MR) is 171 cm³/mol. The van der Waals surface area contributed by atoms with Crippen LogP contribution in [0.1, 0.15) is 43.7 Å². The predicted octanol–water partition coefficient (Wildman–Crippen LogP) is 5.56. The van der Waals surface area contributed by atoms with Crippen molar-refractivity contribution >= 4 is 43.5 Å². The molecule has 3 rings (SSSR count). The van der Waals surface area contributed by atoms with E-state index in [0.717, 1.165) is 34.7 Å². The number of hydrogen-bond acceptors (Lipinski definition) is 5. The quantitative estimate of drug-likeness (QED) is 0.204. The number of ether oxygens (including phenoxy) is 1. The van der Waals surface area contributed by atoms with Crippen LogP contribution < -0.4 is 14.4 Å². The third kappa shape index (κ3) is 10.2. The largest absolute Gasteiger partial charge is 0.497 e. The second-order valence-electron chi connectivity index (χ2n) is 10.1. The standard InChI is InChI=1S/C32H40BrN3O5S/c1-4-5-19-34-32(38)30(22-25-12-7-6-8-13-25)35(24-26-14-9-15-27(33)21-26)31(37)18-11-20-36(42(3,39)40)28-16-10-17-29(23-28)41-2/h6-10,12-17,21,23,30H,4-5,11,18-20,22,24H2,1-3H3,(H,34,38)/t30-/m1/s1. The van der Waals surface area contributed by atoms with Crippen LogP contribution in [0.5, 0.6) is 5.75 Å². The Balaban J connectivity index is 1.87. The van der Waals surface area contributed by atoms with E-state index in [1.54, 1.807) is 29.2 Å². The maximum atomic E-state index is 13.9. The average Bonchev–Trinajstić information content (AvgIpc) is 2.97. The molecule has 10 heteroatoms. The van der Waals surface area contributed by atoms with E-state index >= 15 is 0 Å². The molecule has 3 aromatic carbocycles. The van der Waals surface area contributed by atoms with Crippen LogP contribution in [-0.2, 0) is 32.6 Å². The Morgan fingerprint density at radius 3 is 2.33 bits per heavy atom. The minimum absolute atomic E-state index is 0.0670. The van der Waals surface area contributed by atoms with Gasteiger partial charge in [-0.2, -0.15) is 0 Å². The number of sulfonamides is 1. The number of rotatable bonds is 16. The molecule has 0 fully saturated rings. The summed E-state index contributed by atoms with van der Waals surface area (Å²) in [6, 6.07) is 23.4. The van der Waals surface area contributed by atoms with Crippen LogP contribution in [0.25, 0.3) is 0 Å². The van der Waals surface area contributed by atoms with Crippen molar-refractivity contribution in [3.8, 4) is 5.75 Å². The third-order valence-corrected chi connectivity index (χ3v) is 8.52. The molecule has 2 amide bonds. The number of methoxy groups -OCH3 is 1. The molecular weight excluding hydrogens is 618 g/mol. The molecule has 0 saturated carbocycles. The number of unbranched alkanes of at least 4 members (excludes halogenated alkanes) is 1. The summed E-state index contributed by atoms with van der Waals surface area (Å²) in [7, 11) is -2.09. The third-order valence-electron chi connectivity index (χ3n) is 6.84. The number of carbonyl (C=O) groups excluding carboxylic acids is 2. The zero-order chi connectivity index (χ0) is 30.5. The smallest absolute Gasteiger partial charge is 0.243 e. The number of benzene rings is 3. The second-order valence-corrected chi connectivity index (χ2v) is 13.0. The van der Waals surface area contributed by atoms with E-state index in [1.165, 1.54) is 11.4 Å². The summed E-state index contributed by atoms with van der Waals surface area (Å²) in [5.41, 5.74) is 2.29. The number of halogens is 1. The molecule has 3 aromatic rings. The second kappa shape index (κ2) is 16.3. The van der Waals surface area contributed by atoms with Crippen molar-refractivity contribution in [2.24, 2.45) is 0 Å². The van der Waals surface area contributed by atoms with E-state index in [4.69, 9.17) is 4.74 Å². The molecule has 0 radical (unpaired) electrons. The van der Waals surface area contributed by atoms with E-state index in [9.17, 15) is 18.0 Å². The van der Waals surface area contributed by atoms with Gasteiger partial charge in [0.25, 0.3) is 0 Å². The van der Waals surface area contributed by atoms with Gasteiger partial charge in [-0.25, -0.2) is 8.42 Å². The van der Waals surface area contributed by atoms with Crippen LogP contribution in [0.2, 0.25) is 0 Å². The molecule has 0 aliphatic rings. The molecular formula is C32H40BrN3O5S. The average molecular weight is 659 g/mol. The maximum Gasteiger partial charge on any atom is 0.243 e. The lowest BCUT2D eigenvalue weighted by atomic mass is 10.0. The Labute approximate surface area is 258 Å². The van der Waals surface area contributed by atoms with Gasteiger partial charge < -0.3 is 15.0 Å². The number of nitrogens with one attached hydrogen (secondary N) is 1. The van der Waals surface area contributed by atoms with Crippen molar-refractivity contribution in [1.82, 2.24) is 10.2 Å². The normalized spacial score (nSPS) is 11.9. The number of nitrogens with zero attached hydrogens (tertiary/aromatic N) is 2. The van der Waals surface area contributed by atoms with Crippen molar-refractivity contribution in [3.05, 3.63) is 94.5 Å². The first kappa shape index (κ1) is 33.1. The maximum absolute atomic E-state index is 13.9. The Morgan fingerprint density at radius 2 is 1.67 bits per heavy atom. The van der Waals surface area contributed by atoms with Crippen LogP contribution in [0.15, 0.2) is 83.3 Å². The summed E-state index contributed by atoms with van der Waals surface area (Å²) in [6.07, 6.45) is 3.62. The molecule has 1 N–H and O–H groups in total. The Hall–Kier alpha value is -3.37. The molecule has 42 heavy (non-hydrogen) atoms. The number of carbonyl (C=O) groups is 2. The zero-order valence-electron chi connectivity index (χ0n) is 24.5. The lowest BCUT2D eigenvalue weighted by Gasteiger charge is -2.32. The number of amides is 2. The van der Waals surface area contributed by atoms with Gasteiger partial charge in [0.1, 0.15) is 11.8 Å². The van der Waals surface area contributed by atoms with Gasteiger partial charge in [-0.3, -0.25) is 13.9 Å². The van der Waals surface area contributed by atoms with Crippen LogP contribution in [0.3, 0.4) is 0 Å². The first-order valence-corrected chi connectivity index (χ1v) is 16.7. The lowest BCUT2D eigenvalue weighted by molar-refractivity contribution is -0.141. The summed E-state index contributed by atoms with van der Waals surface area (Å²) in [5, 5.41) is 3.02. The van der Waals surface area contributed by atoms with Crippen LogP contribution in [0.4, 0.5) is 5.69 Å². The minimum atomic E-state index is -3.61. The van der Waals surface area contributed by atoms with Crippen molar-refractivity contribution < 1.29 is 22.7 Å². The van der Waals surface area contributed by atoms with Gasteiger partial charge in [-0.05, 0) is 48.2 Å². The van der Waals surface area contributed by atoms with E-state index in [-0.39, 0.29) is 37.7 Å². The monoisotopic (exact) mass is 657 g/mol. The fourth-order valence-corrected chi connectivity index (χ4v) is 6.07. The minimum Gasteiger partial charge on any atom is -0.497 e. The van der Waals surface area contributed by atoms with Crippen molar-refractivity contribution in [1.29, 1.82) is 0 Å². The highest BCUT2D eigenvalue weighted by atomic mass is 79.9. The fraction of sp³-hybridized carbons (Fsp3) is 0.375. The molecule has 0 aromatic heterocycles. The van der Waals surface area contributed by atoms with Gasteiger partial charge in [0.2, 0.25) is 21.8 Å². The molecule has 226 valence electrons. The summed E-state index contributed by atoms with van der Waals surface area (Å²) in [5.74, 6) is 0.112. The van der Waals surface area contributed by atoms with E-state index in [1.807, 2.05) is 54.6 Å². The molecule has 0 heterocycles. The summed E-state index contributed by atoms with van der Waals surface area (Å²) < 4.78 is 32.8. The van der Waals surface area contributed by atoms with Gasteiger partial charge in [-0.15, -0.1) is 0 Å². The molecule has 0 bridgehead atoms. The van der Waals surface area contributed by atoms with E-state index in [2.05, 4.69) is 28.2 Å². The van der Waals surface area contributed by atoms with Gasteiger partial charge in [0.15, 0.2) is 0 Å². The first-order chi connectivity index (χ1) is 20.1. The molecule has 0 aliphatic carbocycles. The van der Waals surface area contributed by atoms with E-state index in [0.29, 0.717) is 24.4 Å². The highest BCUT2D eigenvalue weighted by Gasteiger charge is 2.30. The molecule has 1 atom stereocenters. The SMILES string of the molecule is CCCCNC(=O)[C@@H](Cc1ccccc1)N(Cc1cccc(Br)c1)C(=O)CCCN(c1cccc(OC)c1)S(C)(=O)=O. The van der Waals surface area contributed by atoms with Gasteiger partial charge in [0.05, 0.1) is 19.1 Å². The Kier molecular flexibility index (Phi) is 12.9. The number of hydrogen-bond donors (Lipinski definition) is 1. The summed E-state index contributed by atoms with van der Waals surface area (Å²) >= 11 is 3.51. The molecule has 0 unspecified atom stereocenters. The topological polar surface area (TPSA) is 96.0 Å².